The van der Waals surface area contributed by atoms with Gasteiger partial charge >= 0.3 is 0 Å². The smallest absolute Gasteiger partial charge is 0.259 e. The average molecular weight is 308 g/mol. The molecule has 0 atom stereocenters. The third kappa shape index (κ3) is 2.48. The molecule has 3 nitrogen and oxygen atoms in total. The molecule has 1 amide bonds. The number of carbonyl (C=O) groups excluding carboxylic acids is 1. The fourth-order valence-electron chi connectivity index (χ4n) is 1.75. The second-order valence-corrected chi connectivity index (χ2v) is 4.83. The summed E-state index contributed by atoms with van der Waals surface area (Å²) in [6, 6.07) is 7.41. The molecule has 0 saturated carbocycles. The third-order valence-corrected chi connectivity index (χ3v) is 3.69. The van der Waals surface area contributed by atoms with Crippen LogP contribution < -0.4 is 5.32 Å². The number of hydrogen-bond acceptors (Lipinski definition) is 2. The van der Waals surface area contributed by atoms with E-state index in [2.05, 4.69) is 21.2 Å². The molecule has 2 aromatic rings. The summed E-state index contributed by atoms with van der Waals surface area (Å²) >= 11 is 3.44. The Bertz CT molecular complexity index is 575. The van der Waals surface area contributed by atoms with Crippen LogP contribution in [0.4, 0.5) is 5.69 Å². The lowest BCUT2D eigenvalue weighted by Crippen LogP contribution is -2.13. The van der Waals surface area contributed by atoms with Gasteiger partial charge < -0.3 is 9.73 Å². The van der Waals surface area contributed by atoms with Crippen molar-refractivity contribution in [3.05, 3.63) is 51.9 Å². The first-order chi connectivity index (χ1) is 8.63. The van der Waals surface area contributed by atoms with E-state index < -0.39 is 0 Å². The SMILES string of the molecule is CCc1occc1C(=O)Nc1cccc(Br)c1C. The molecule has 1 aromatic carbocycles. The Labute approximate surface area is 114 Å². The van der Waals surface area contributed by atoms with Crippen molar-refractivity contribution in [1.82, 2.24) is 0 Å². The lowest BCUT2D eigenvalue weighted by Gasteiger charge is -2.09. The van der Waals surface area contributed by atoms with Gasteiger partial charge in [0.15, 0.2) is 0 Å². The van der Waals surface area contributed by atoms with Gasteiger partial charge in [-0.2, -0.15) is 0 Å². The van der Waals surface area contributed by atoms with Crippen LogP contribution >= 0.6 is 15.9 Å². The number of nitrogens with one attached hydrogen (secondary N) is 1. The van der Waals surface area contributed by atoms with E-state index >= 15 is 0 Å². The number of halogens is 1. The van der Waals surface area contributed by atoms with Gasteiger partial charge in [-0.15, -0.1) is 0 Å². The van der Waals surface area contributed by atoms with Crippen LogP contribution in [-0.2, 0) is 6.42 Å². The third-order valence-electron chi connectivity index (χ3n) is 2.83. The van der Waals surface area contributed by atoms with E-state index in [-0.39, 0.29) is 5.91 Å². The van der Waals surface area contributed by atoms with Crippen LogP contribution in [-0.4, -0.2) is 5.91 Å². The Kier molecular flexibility index (Phi) is 3.87. The molecule has 2 rings (SSSR count). The predicted molar refractivity (Wildman–Crippen MR) is 74.9 cm³/mol. The van der Waals surface area contributed by atoms with Gasteiger partial charge in [0.05, 0.1) is 11.8 Å². The Morgan fingerprint density at radius 2 is 2.17 bits per heavy atom. The summed E-state index contributed by atoms with van der Waals surface area (Å²) in [5, 5.41) is 2.90. The number of benzene rings is 1. The van der Waals surface area contributed by atoms with Crippen LogP contribution in [0, 0.1) is 6.92 Å². The van der Waals surface area contributed by atoms with Crippen LogP contribution in [0.2, 0.25) is 0 Å². The van der Waals surface area contributed by atoms with E-state index in [1.165, 1.54) is 0 Å². The molecular weight excluding hydrogens is 294 g/mol. The van der Waals surface area contributed by atoms with E-state index in [0.29, 0.717) is 17.7 Å². The summed E-state index contributed by atoms with van der Waals surface area (Å²) in [5.74, 6) is 0.571. The normalized spacial score (nSPS) is 10.4. The monoisotopic (exact) mass is 307 g/mol. The zero-order valence-electron chi connectivity index (χ0n) is 10.3. The molecule has 0 aliphatic rings. The van der Waals surface area contributed by atoms with Gasteiger partial charge in [0.2, 0.25) is 0 Å². The van der Waals surface area contributed by atoms with Gasteiger partial charge in [-0.1, -0.05) is 28.9 Å². The summed E-state index contributed by atoms with van der Waals surface area (Å²) in [4.78, 5) is 12.1. The van der Waals surface area contributed by atoms with Crippen LogP contribution in [0.25, 0.3) is 0 Å². The van der Waals surface area contributed by atoms with Crippen molar-refractivity contribution in [3.8, 4) is 0 Å². The van der Waals surface area contributed by atoms with E-state index in [9.17, 15) is 4.79 Å². The molecule has 0 unspecified atom stereocenters. The summed E-state index contributed by atoms with van der Waals surface area (Å²) in [7, 11) is 0. The molecule has 18 heavy (non-hydrogen) atoms. The quantitative estimate of drug-likeness (QED) is 0.925. The summed E-state index contributed by atoms with van der Waals surface area (Å²) < 4.78 is 6.23. The van der Waals surface area contributed by atoms with Crippen molar-refractivity contribution >= 4 is 27.5 Å². The minimum atomic E-state index is -0.137. The molecule has 0 bridgehead atoms. The lowest BCUT2D eigenvalue weighted by molar-refractivity contribution is 0.102. The molecule has 1 N–H and O–H groups in total. The number of furan rings is 1. The summed E-state index contributed by atoms with van der Waals surface area (Å²) in [6.45, 7) is 3.91. The van der Waals surface area contributed by atoms with Gasteiger partial charge in [0.1, 0.15) is 5.76 Å². The number of aryl methyl sites for hydroxylation is 1. The first-order valence-corrected chi connectivity index (χ1v) is 6.55. The van der Waals surface area contributed by atoms with E-state index in [1.807, 2.05) is 32.0 Å². The maximum atomic E-state index is 12.1. The predicted octanol–water partition coefficient (Wildman–Crippen LogP) is 4.17. The highest BCUT2D eigenvalue weighted by Crippen LogP contribution is 2.24. The fourth-order valence-corrected chi connectivity index (χ4v) is 2.12. The zero-order chi connectivity index (χ0) is 13.1. The van der Waals surface area contributed by atoms with Gasteiger partial charge in [-0.3, -0.25) is 4.79 Å². The molecule has 0 fully saturated rings. The Balaban J connectivity index is 2.24. The van der Waals surface area contributed by atoms with Crippen molar-refractivity contribution in [3.63, 3.8) is 0 Å². The minimum Gasteiger partial charge on any atom is -0.469 e. The highest BCUT2D eigenvalue weighted by molar-refractivity contribution is 9.10. The molecule has 1 aromatic heterocycles. The van der Waals surface area contributed by atoms with Crippen molar-refractivity contribution in [2.24, 2.45) is 0 Å². The van der Waals surface area contributed by atoms with E-state index in [1.54, 1.807) is 12.3 Å². The summed E-state index contributed by atoms with van der Waals surface area (Å²) in [6.07, 6.45) is 2.24. The average Bonchev–Trinajstić information content (AvgIpc) is 2.83. The number of anilines is 1. The highest BCUT2D eigenvalue weighted by Gasteiger charge is 2.14. The maximum absolute atomic E-state index is 12.1. The van der Waals surface area contributed by atoms with Gasteiger partial charge in [-0.25, -0.2) is 0 Å². The molecule has 1 heterocycles. The largest absolute Gasteiger partial charge is 0.469 e. The Morgan fingerprint density at radius 1 is 1.39 bits per heavy atom. The highest BCUT2D eigenvalue weighted by atomic mass is 79.9. The van der Waals surface area contributed by atoms with Crippen LogP contribution in [0.1, 0.15) is 28.6 Å². The maximum Gasteiger partial charge on any atom is 0.259 e. The van der Waals surface area contributed by atoms with Gasteiger partial charge in [0.25, 0.3) is 5.91 Å². The second kappa shape index (κ2) is 5.40. The fraction of sp³-hybridized carbons (Fsp3) is 0.214. The van der Waals surface area contributed by atoms with Crippen LogP contribution in [0.5, 0.6) is 0 Å². The van der Waals surface area contributed by atoms with Gasteiger partial charge in [0, 0.05) is 16.6 Å². The van der Waals surface area contributed by atoms with Crippen molar-refractivity contribution in [1.29, 1.82) is 0 Å². The van der Waals surface area contributed by atoms with Crippen LogP contribution in [0.3, 0.4) is 0 Å². The molecule has 94 valence electrons. The molecule has 0 radical (unpaired) electrons. The topological polar surface area (TPSA) is 42.2 Å². The van der Waals surface area contributed by atoms with E-state index in [0.717, 1.165) is 15.7 Å². The Morgan fingerprint density at radius 3 is 2.89 bits per heavy atom. The van der Waals surface area contributed by atoms with Crippen molar-refractivity contribution in [2.75, 3.05) is 5.32 Å². The summed E-state index contributed by atoms with van der Waals surface area (Å²) in [5.41, 5.74) is 2.40. The zero-order valence-corrected chi connectivity index (χ0v) is 11.9. The Hall–Kier alpha value is -1.55. The van der Waals surface area contributed by atoms with Crippen molar-refractivity contribution < 1.29 is 9.21 Å². The number of rotatable bonds is 3. The molecule has 0 spiro atoms. The van der Waals surface area contributed by atoms with E-state index in [4.69, 9.17) is 4.42 Å². The molecule has 0 aliphatic carbocycles. The first-order valence-electron chi connectivity index (χ1n) is 5.76. The standard InChI is InChI=1S/C14H14BrNO2/c1-3-13-10(7-8-18-13)14(17)16-12-6-4-5-11(15)9(12)2/h4-8H,3H2,1-2H3,(H,16,17). The number of amides is 1. The number of hydrogen-bond donors (Lipinski definition) is 1. The van der Waals surface area contributed by atoms with Crippen LogP contribution in [0.15, 0.2) is 39.4 Å². The molecule has 4 heteroatoms. The molecule has 0 aliphatic heterocycles. The second-order valence-electron chi connectivity index (χ2n) is 3.98. The number of carbonyl (C=O) groups is 1. The van der Waals surface area contributed by atoms with Gasteiger partial charge in [-0.05, 0) is 30.7 Å². The first kappa shape index (κ1) is 12.9. The minimum absolute atomic E-state index is 0.137. The molecular formula is C14H14BrNO2. The molecule has 0 saturated heterocycles. The van der Waals surface area contributed by atoms with Crippen molar-refractivity contribution in [2.45, 2.75) is 20.3 Å². The lowest BCUT2D eigenvalue weighted by atomic mass is 10.1.